The number of thiophene rings is 1. The third-order valence-electron chi connectivity index (χ3n) is 4.16. The molecular weight excluding hydrogens is 430 g/mol. The first-order chi connectivity index (χ1) is 14.0. The monoisotopic (exact) mass is 449 g/mol. The number of ether oxygens (including phenoxy) is 1. The number of hydrogen-bond acceptors (Lipinski definition) is 6. The van der Waals surface area contributed by atoms with Crippen LogP contribution in [0.1, 0.15) is 76.6 Å². The van der Waals surface area contributed by atoms with Crippen molar-refractivity contribution in [2.75, 3.05) is 11.9 Å². The highest BCUT2D eigenvalue weighted by Crippen LogP contribution is 2.35. The van der Waals surface area contributed by atoms with Crippen LogP contribution < -0.4 is 5.32 Å². The van der Waals surface area contributed by atoms with E-state index in [4.69, 9.17) is 4.74 Å². The minimum atomic E-state index is -3.14. The lowest BCUT2D eigenvalue weighted by atomic mass is 10.1. The van der Waals surface area contributed by atoms with E-state index in [1.807, 2.05) is 0 Å². The molecule has 2 rings (SSSR count). The molecule has 1 N–H and O–H groups in total. The SMILES string of the molecule is CCOC(=O)c1c(NC(=O)C(C)n2nc(C(F)F)cc2C(F)F)sc(C(C)=O)c1C. The predicted octanol–water partition coefficient (Wildman–Crippen LogP) is 4.71. The summed E-state index contributed by atoms with van der Waals surface area (Å²) in [6.07, 6.45) is -6.23. The highest BCUT2D eigenvalue weighted by Gasteiger charge is 2.30. The van der Waals surface area contributed by atoms with Crippen molar-refractivity contribution >= 4 is 34.0 Å². The average Bonchev–Trinajstić information content (AvgIpc) is 3.23. The molecule has 2 heterocycles. The van der Waals surface area contributed by atoms with Crippen molar-refractivity contribution in [1.29, 1.82) is 0 Å². The average molecular weight is 449 g/mol. The standard InChI is InChI=1S/C18H19F4N3O4S/c1-5-29-18(28)12-7(2)13(9(4)26)30-17(12)23-16(27)8(3)25-11(15(21)22)6-10(24-25)14(19)20/h6,8,14-15H,5H2,1-4H3,(H,23,27). The van der Waals surface area contributed by atoms with Crippen LogP contribution in [0.4, 0.5) is 22.6 Å². The second-order valence-electron chi connectivity index (χ2n) is 6.24. The number of anilines is 1. The van der Waals surface area contributed by atoms with Crippen LogP contribution in [0.25, 0.3) is 0 Å². The fraction of sp³-hybridized carbons (Fsp3) is 0.444. The molecule has 7 nitrogen and oxygen atoms in total. The zero-order valence-electron chi connectivity index (χ0n) is 16.5. The molecule has 0 aliphatic rings. The molecule has 0 spiro atoms. The number of carbonyl (C=O) groups is 3. The zero-order valence-corrected chi connectivity index (χ0v) is 17.3. The Kier molecular flexibility index (Phi) is 7.34. The Labute approximate surface area is 173 Å². The van der Waals surface area contributed by atoms with Gasteiger partial charge in [-0.05, 0) is 39.3 Å². The molecule has 0 aliphatic carbocycles. The Bertz CT molecular complexity index is 971. The fourth-order valence-electron chi connectivity index (χ4n) is 2.72. The van der Waals surface area contributed by atoms with Crippen molar-refractivity contribution in [1.82, 2.24) is 9.78 Å². The normalized spacial score (nSPS) is 12.3. The Morgan fingerprint density at radius 1 is 1.23 bits per heavy atom. The van der Waals surface area contributed by atoms with E-state index in [1.165, 1.54) is 20.8 Å². The lowest BCUT2D eigenvalue weighted by molar-refractivity contribution is -0.119. The lowest BCUT2D eigenvalue weighted by Crippen LogP contribution is -2.26. The predicted molar refractivity (Wildman–Crippen MR) is 100 cm³/mol. The smallest absolute Gasteiger partial charge is 0.341 e. The van der Waals surface area contributed by atoms with Gasteiger partial charge in [-0.2, -0.15) is 5.10 Å². The Balaban J connectivity index is 2.41. The van der Waals surface area contributed by atoms with Crippen molar-refractivity contribution in [3.05, 3.63) is 33.5 Å². The molecule has 1 atom stereocenters. The van der Waals surface area contributed by atoms with Gasteiger partial charge in [-0.3, -0.25) is 14.3 Å². The van der Waals surface area contributed by atoms with Crippen LogP contribution in [0, 0.1) is 6.92 Å². The summed E-state index contributed by atoms with van der Waals surface area (Å²) >= 11 is 0.830. The summed E-state index contributed by atoms with van der Waals surface area (Å²) in [6, 6.07) is -0.869. The number of ketones is 1. The van der Waals surface area contributed by atoms with E-state index in [1.54, 1.807) is 6.92 Å². The molecule has 0 saturated heterocycles. The van der Waals surface area contributed by atoms with E-state index in [-0.39, 0.29) is 27.8 Å². The van der Waals surface area contributed by atoms with Gasteiger partial charge in [0.05, 0.1) is 17.0 Å². The molecule has 0 saturated carbocycles. The highest BCUT2D eigenvalue weighted by molar-refractivity contribution is 7.18. The van der Waals surface area contributed by atoms with Gasteiger partial charge in [0.1, 0.15) is 22.4 Å². The summed E-state index contributed by atoms with van der Waals surface area (Å²) < 4.78 is 57.6. The molecule has 2 aromatic rings. The van der Waals surface area contributed by atoms with E-state index < -0.39 is 42.2 Å². The number of carbonyl (C=O) groups excluding carboxylic acids is 3. The number of amides is 1. The maximum absolute atomic E-state index is 13.2. The topological polar surface area (TPSA) is 90.3 Å². The fourth-order valence-corrected chi connectivity index (χ4v) is 3.82. The van der Waals surface area contributed by atoms with Gasteiger partial charge < -0.3 is 10.1 Å². The number of Topliss-reactive ketones (excluding diaryl/α,β-unsaturated/α-hetero) is 1. The van der Waals surface area contributed by atoms with Crippen LogP contribution in [0.5, 0.6) is 0 Å². The van der Waals surface area contributed by atoms with Gasteiger partial charge >= 0.3 is 5.97 Å². The minimum Gasteiger partial charge on any atom is -0.462 e. The molecule has 1 amide bonds. The highest BCUT2D eigenvalue weighted by atomic mass is 32.1. The summed E-state index contributed by atoms with van der Waals surface area (Å²) in [5, 5.41) is 5.81. The molecule has 0 bridgehead atoms. The number of esters is 1. The third kappa shape index (κ3) is 4.69. The number of nitrogens with one attached hydrogen (secondary N) is 1. The Morgan fingerprint density at radius 3 is 2.37 bits per heavy atom. The molecule has 0 aliphatic heterocycles. The quantitative estimate of drug-likeness (QED) is 0.358. The maximum Gasteiger partial charge on any atom is 0.341 e. The largest absolute Gasteiger partial charge is 0.462 e. The minimum absolute atomic E-state index is 0.00663. The number of hydrogen-bond donors (Lipinski definition) is 1. The third-order valence-corrected chi connectivity index (χ3v) is 5.47. The van der Waals surface area contributed by atoms with Gasteiger partial charge in [-0.1, -0.05) is 0 Å². The van der Waals surface area contributed by atoms with Crippen molar-refractivity contribution < 1.29 is 36.7 Å². The van der Waals surface area contributed by atoms with E-state index in [0.717, 1.165) is 11.3 Å². The second-order valence-corrected chi connectivity index (χ2v) is 7.26. The summed E-state index contributed by atoms with van der Waals surface area (Å²) in [6.45, 7) is 5.62. The van der Waals surface area contributed by atoms with E-state index in [0.29, 0.717) is 16.3 Å². The first kappa shape index (κ1) is 23.5. The van der Waals surface area contributed by atoms with Crippen LogP contribution in [-0.2, 0) is 9.53 Å². The molecule has 0 aromatic carbocycles. The number of nitrogens with zero attached hydrogens (tertiary/aromatic N) is 2. The molecular formula is C18H19F4N3O4S. The molecule has 1 unspecified atom stereocenters. The maximum atomic E-state index is 13.2. The van der Waals surface area contributed by atoms with Crippen molar-refractivity contribution in [3.8, 4) is 0 Å². The van der Waals surface area contributed by atoms with Crippen molar-refractivity contribution in [3.63, 3.8) is 0 Å². The van der Waals surface area contributed by atoms with Gasteiger partial charge in [0, 0.05) is 0 Å². The summed E-state index contributed by atoms with van der Waals surface area (Å²) in [5.74, 6) is -2.00. The molecule has 164 valence electrons. The van der Waals surface area contributed by atoms with E-state index in [9.17, 15) is 31.9 Å². The van der Waals surface area contributed by atoms with Crippen LogP contribution in [-0.4, -0.2) is 34.0 Å². The van der Waals surface area contributed by atoms with Crippen LogP contribution in [0.3, 0.4) is 0 Å². The summed E-state index contributed by atoms with van der Waals surface area (Å²) in [7, 11) is 0. The zero-order chi connectivity index (χ0) is 22.7. The van der Waals surface area contributed by atoms with E-state index in [2.05, 4.69) is 10.4 Å². The number of rotatable bonds is 8. The summed E-state index contributed by atoms with van der Waals surface area (Å²) in [5.41, 5.74) is -1.45. The van der Waals surface area contributed by atoms with Crippen LogP contribution >= 0.6 is 11.3 Å². The van der Waals surface area contributed by atoms with Gasteiger partial charge in [0.15, 0.2) is 5.78 Å². The first-order valence-corrected chi connectivity index (χ1v) is 9.59. The van der Waals surface area contributed by atoms with Crippen LogP contribution in [0.2, 0.25) is 0 Å². The molecule has 12 heteroatoms. The number of halogens is 4. The Morgan fingerprint density at radius 2 is 1.87 bits per heavy atom. The van der Waals surface area contributed by atoms with Gasteiger partial charge in [0.25, 0.3) is 12.9 Å². The molecule has 2 aromatic heterocycles. The number of aromatic nitrogens is 2. The Hall–Kier alpha value is -2.76. The van der Waals surface area contributed by atoms with Crippen molar-refractivity contribution in [2.45, 2.75) is 46.6 Å². The van der Waals surface area contributed by atoms with E-state index >= 15 is 0 Å². The first-order valence-electron chi connectivity index (χ1n) is 8.77. The summed E-state index contributed by atoms with van der Waals surface area (Å²) in [4.78, 5) is 37.0. The van der Waals surface area contributed by atoms with Crippen LogP contribution in [0.15, 0.2) is 6.07 Å². The van der Waals surface area contributed by atoms with Gasteiger partial charge in [0.2, 0.25) is 5.91 Å². The van der Waals surface area contributed by atoms with Crippen molar-refractivity contribution in [2.24, 2.45) is 0 Å². The van der Waals surface area contributed by atoms with Gasteiger partial charge in [-0.25, -0.2) is 22.4 Å². The number of alkyl halides is 4. The van der Waals surface area contributed by atoms with Gasteiger partial charge in [-0.15, -0.1) is 11.3 Å². The molecule has 0 radical (unpaired) electrons. The lowest BCUT2D eigenvalue weighted by Gasteiger charge is -2.15. The molecule has 0 fully saturated rings. The second kappa shape index (κ2) is 9.37. The molecule has 30 heavy (non-hydrogen) atoms.